The highest BCUT2D eigenvalue weighted by Gasteiger charge is 2.10. The predicted octanol–water partition coefficient (Wildman–Crippen LogP) is 2.04. The highest BCUT2D eigenvalue weighted by molar-refractivity contribution is 6.04. The Morgan fingerprint density at radius 2 is 1.78 bits per heavy atom. The minimum Gasteiger partial charge on any atom is -0.325 e. The van der Waals surface area contributed by atoms with Crippen molar-refractivity contribution in [3.8, 4) is 0 Å². The first kappa shape index (κ1) is 14.1. The van der Waals surface area contributed by atoms with Gasteiger partial charge in [-0.1, -0.05) is 12.1 Å². The van der Waals surface area contributed by atoms with Crippen LogP contribution in [0.15, 0.2) is 18.2 Å². The van der Waals surface area contributed by atoms with E-state index in [4.69, 9.17) is 0 Å². The number of carbonyl (C=O) groups is 3. The fourth-order valence-electron chi connectivity index (χ4n) is 1.65. The van der Waals surface area contributed by atoms with E-state index in [0.29, 0.717) is 5.69 Å². The number of rotatable bonds is 5. The summed E-state index contributed by atoms with van der Waals surface area (Å²) in [6, 6.07) is 5.51. The van der Waals surface area contributed by atoms with Crippen molar-refractivity contribution >= 4 is 23.2 Å². The van der Waals surface area contributed by atoms with E-state index in [9.17, 15) is 14.4 Å². The Labute approximate surface area is 106 Å². The number of benzene rings is 1. The smallest absolute Gasteiger partial charge is 0.231 e. The summed E-state index contributed by atoms with van der Waals surface area (Å²) < 4.78 is 0. The number of aryl methyl sites for hydroxylation is 1. The van der Waals surface area contributed by atoms with Crippen LogP contribution in [-0.4, -0.2) is 17.5 Å². The molecule has 0 fully saturated rings. The third-order valence-electron chi connectivity index (χ3n) is 2.39. The van der Waals surface area contributed by atoms with Crippen LogP contribution < -0.4 is 5.32 Å². The average Bonchev–Trinajstić information content (AvgIpc) is 2.20. The number of nitrogens with one attached hydrogen (secondary N) is 1. The summed E-state index contributed by atoms with van der Waals surface area (Å²) in [5.74, 6) is -0.507. The van der Waals surface area contributed by atoms with Crippen LogP contribution in [0.25, 0.3) is 0 Å². The Hall–Kier alpha value is -1.97. The molecule has 0 aliphatic carbocycles. The topological polar surface area (TPSA) is 63.2 Å². The van der Waals surface area contributed by atoms with Gasteiger partial charge in [0, 0.05) is 12.1 Å². The van der Waals surface area contributed by atoms with Crippen molar-refractivity contribution < 1.29 is 14.4 Å². The van der Waals surface area contributed by atoms with Gasteiger partial charge in [0.25, 0.3) is 0 Å². The van der Waals surface area contributed by atoms with E-state index in [1.807, 2.05) is 19.1 Å². The van der Waals surface area contributed by atoms with E-state index in [1.165, 1.54) is 13.8 Å². The van der Waals surface area contributed by atoms with Crippen LogP contribution >= 0.6 is 0 Å². The molecule has 4 nitrogen and oxygen atoms in total. The largest absolute Gasteiger partial charge is 0.325 e. The zero-order valence-corrected chi connectivity index (χ0v) is 10.9. The number of carbonyl (C=O) groups excluding carboxylic acids is 3. The third kappa shape index (κ3) is 4.49. The number of amides is 1. The molecule has 1 aromatic carbocycles. The summed E-state index contributed by atoms with van der Waals surface area (Å²) in [6.45, 7) is 4.77. The molecule has 0 saturated heterocycles. The van der Waals surface area contributed by atoms with Crippen LogP contribution in [0.4, 0.5) is 5.69 Å². The molecule has 4 heteroatoms. The van der Waals surface area contributed by atoms with Crippen LogP contribution in [0.3, 0.4) is 0 Å². The highest BCUT2D eigenvalue weighted by Crippen LogP contribution is 2.18. The van der Waals surface area contributed by atoms with Crippen LogP contribution in [0, 0.1) is 6.92 Å². The number of ketones is 2. The molecule has 1 aromatic rings. The lowest BCUT2D eigenvalue weighted by Crippen LogP contribution is -2.16. The van der Waals surface area contributed by atoms with E-state index in [-0.39, 0.29) is 30.3 Å². The summed E-state index contributed by atoms with van der Waals surface area (Å²) in [5.41, 5.74) is 2.36. The molecule has 0 radical (unpaired) electrons. The molecule has 1 N–H and O–H groups in total. The molecule has 0 spiro atoms. The Morgan fingerprint density at radius 1 is 1.11 bits per heavy atom. The van der Waals surface area contributed by atoms with Gasteiger partial charge < -0.3 is 5.32 Å². The SMILES string of the molecule is CC(=O)CC(=O)Nc1cc(C)ccc1CC(C)=O. The number of hydrogen-bond acceptors (Lipinski definition) is 3. The van der Waals surface area contributed by atoms with Crippen LogP contribution in [0.1, 0.15) is 31.4 Å². The number of Topliss-reactive ketones (excluding diaryl/α,β-unsaturated/α-hetero) is 2. The van der Waals surface area contributed by atoms with E-state index >= 15 is 0 Å². The van der Waals surface area contributed by atoms with Crippen LogP contribution in [0.5, 0.6) is 0 Å². The first-order valence-corrected chi connectivity index (χ1v) is 5.76. The van der Waals surface area contributed by atoms with Gasteiger partial charge in [-0.05, 0) is 38.0 Å². The molecule has 0 bridgehead atoms. The van der Waals surface area contributed by atoms with Gasteiger partial charge in [-0.3, -0.25) is 14.4 Å². The maximum atomic E-state index is 11.6. The number of anilines is 1. The molecule has 1 rings (SSSR count). The molecule has 0 aliphatic heterocycles. The molecular weight excluding hydrogens is 230 g/mol. The Balaban J connectivity index is 2.91. The zero-order valence-electron chi connectivity index (χ0n) is 10.9. The van der Waals surface area contributed by atoms with Gasteiger partial charge in [-0.25, -0.2) is 0 Å². The Bertz CT molecular complexity index is 492. The molecule has 0 unspecified atom stereocenters. The standard InChI is InChI=1S/C14H17NO3/c1-9-4-5-12(7-10(2)16)13(6-9)15-14(18)8-11(3)17/h4-6H,7-8H2,1-3H3,(H,15,18). The van der Waals surface area contributed by atoms with Crippen molar-refractivity contribution in [1.82, 2.24) is 0 Å². The molecular formula is C14H17NO3. The monoisotopic (exact) mass is 247 g/mol. The van der Waals surface area contributed by atoms with Gasteiger partial charge in [0.15, 0.2) is 0 Å². The lowest BCUT2D eigenvalue weighted by Gasteiger charge is -2.10. The lowest BCUT2D eigenvalue weighted by molar-refractivity contribution is -0.124. The van der Waals surface area contributed by atoms with Crippen LogP contribution in [-0.2, 0) is 20.8 Å². The van der Waals surface area contributed by atoms with Crippen molar-refractivity contribution in [3.63, 3.8) is 0 Å². The van der Waals surface area contributed by atoms with E-state index in [1.54, 1.807) is 6.07 Å². The average molecular weight is 247 g/mol. The minimum absolute atomic E-state index is 0.0286. The van der Waals surface area contributed by atoms with Crippen molar-refractivity contribution in [3.05, 3.63) is 29.3 Å². The summed E-state index contributed by atoms with van der Waals surface area (Å²) in [7, 11) is 0. The zero-order chi connectivity index (χ0) is 13.7. The number of hydrogen-bond donors (Lipinski definition) is 1. The minimum atomic E-state index is -0.349. The maximum absolute atomic E-state index is 11.6. The lowest BCUT2D eigenvalue weighted by atomic mass is 10.0. The summed E-state index contributed by atoms with van der Waals surface area (Å²) >= 11 is 0. The molecule has 1 amide bonds. The Kier molecular flexibility index (Phi) is 4.77. The maximum Gasteiger partial charge on any atom is 0.231 e. The predicted molar refractivity (Wildman–Crippen MR) is 69.5 cm³/mol. The van der Waals surface area contributed by atoms with Gasteiger partial charge in [-0.2, -0.15) is 0 Å². The Morgan fingerprint density at radius 3 is 2.33 bits per heavy atom. The second-order valence-corrected chi connectivity index (χ2v) is 4.47. The van der Waals surface area contributed by atoms with Gasteiger partial charge in [0.05, 0.1) is 6.42 Å². The molecule has 96 valence electrons. The van der Waals surface area contributed by atoms with Crippen molar-refractivity contribution in [2.75, 3.05) is 5.32 Å². The summed E-state index contributed by atoms with van der Waals surface area (Å²) in [6.07, 6.45) is 0.128. The van der Waals surface area contributed by atoms with E-state index in [2.05, 4.69) is 5.32 Å². The second kappa shape index (κ2) is 6.10. The molecule has 0 saturated carbocycles. The summed E-state index contributed by atoms with van der Waals surface area (Å²) in [4.78, 5) is 33.6. The van der Waals surface area contributed by atoms with Crippen molar-refractivity contribution in [2.45, 2.75) is 33.6 Å². The van der Waals surface area contributed by atoms with Crippen molar-refractivity contribution in [1.29, 1.82) is 0 Å². The quantitative estimate of drug-likeness (QED) is 0.810. The fourth-order valence-corrected chi connectivity index (χ4v) is 1.65. The molecule has 0 atom stereocenters. The summed E-state index contributed by atoms with van der Waals surface area (Å²) in [5, 5.41) is 2.68. The van der Waals surface area contributed by atoms with E-state index < -0.39 is 0 Å². The van der Waals surface area contributed by atoms with Gasteiger partial charge in [-0.15, -0.1) is 0 Å². The van der Waals surface area contributed by atoms with E-state index in [0.717, 1.165) is 11.1 Å². The highest BCUT2D eigenvalue weighted by atomic mass is 16.2. The van der Waals surface area contributed by atoms with Gasteiger partial charge in [0.2, 0.25) is 5.91 Å². The molecule has 0 aliphatic rings. The van der Waals surface area contributed by atoms with Crippen molar-refractivity contribution in [2.24, 2.45) is 0 Å². The van der Waals surface area contributed by atoms with Gasteiger partial charge >= 0.3 is 0 Å². The molecule has 0 heterocycles. The first-order chi connectivity index (χ1) is 8.38. The third-order valence-corrected chi connectivity index (χ3v) is 2.39. The van der Waals surface area contributed by atoms with Gasteiger partial charge in [0.1, 0.15) is 11.6 Å². The second-order valence-electron chi connectivity index (χ2n) is 4.47. The molecule has 18 heavy (non-hydrogen) atoms. The fraction of sp³-hybridized carbons (Fsp3) is 0.357. The normalized spacial score (nSPS) is 9.94. The first-order valence-electron chi connectivity index (χ1n) is 5.76. The molecule has 0 aromatic heterocycles. The van der Waals surface area contributed by atoms with Crippen LogP contribution in [0.2, 0.25) is 0 Å².